The number of halogens is 1. The highest BCUT2D eigenvalue weighted by Gasteiger charge is 2.12. The van der Waals surface area contributed by atoms with Gasteiger partial charge in [0.25, 0.3) is 11.8 Å². The number of hydrogen-bond acceptors (Lipinski definition) is 3. The van der Waals surface area contributed by atoms with Gasteiger partial charge in [0, 0.05) is 30.2 Å². The van der Waals surface area contributed by atoms with Crippen LogP contribution in [0.4, 0.5) is 5.69 Å². The zero-order valence-electron chi connectivity index (χ0n) is 13.1. The van der Waals surface area contributed by atoms with Gasteiger partial charge >= 0.3 is 0 Å². The Kier molecular flexibility index (Phi) is 5.69. The largest absolute Gasteiger partial charge is 0.345 e. The zero-order chi connectivity index (χ0) is 17.0. The van der Waals surface area contributed by atoms with Crippen LogP contribution in [0.1, 0.15) is 20.7 Å². The summed E-state index contributed by atoms with van der Waals surface area (Å²) in [5, 5.41) is 3.19. The van der Waals surface area contributed by atoms with Crippen LogP contribution in [-0.4, -0.2) is 37.1 Å². The first-order chi connectivity index (χ1) is 10.9. The normalized spacial score (nSPS) is 10.3. The molecule has 0 saturated carbocycles. The lowest BCUT2D eigenvalue weighted by Gasteiger charge is -2.11. The predicted molar refractivity (Wildman–Crippen MR) is 95.6 cm³/mol. The van der Waals surface area contributed by atoms with Gasteiger partial charge in [0.1, 0.15) is 0 Å². The van der Waals surface area contributed by atoms with Gasteiger partial charge in [-0.05, 0) is 48.7 Å². The minimum absolute atomic E-state index is 0.0846. The quantitative estimate of drug-likeness (QED) is 0.849. The molecule has 2 rings (SSSR count). The van der Waals surface area contributed by atoms with Crippen LogP contribution in [-0.2, 0) is 0 Å². The number of thioether (sulfide) groups is 1. The molecule has 0 radical (unpaired) electrons. The molecule has 0 saturated heterocycles. The molecule has 0 aliphatic carbocycles. The first-order valence-corrected chi connectivity index (χ1v) is 8.49. The maximum Gasteiger partial charge on any atom is 0.257 e. The van der Waals surface area contributed by atoms with Crippen LogP contribution in [0, 0.1) is 0 Å². The summed E-state index contributed by atoms with van der Waals surface area (Å²) < 4.78 is 0. The molecule has 0 aliphatic heterocycles. The summed E-state index contributed by atoms with van der Waals surface area (Å²) in [5.41, 5.74) is 1.60. The molecular formula is C17H17ClN2O2S. The predicted octanol–water partition coefficient (Wildman–Crippen LogP) is 4.02. The number of hydrogen-bond donors (Lipinski definition) is 1. The molecule has 120 valence electrons. The van der Waals surface area contributed by atoms with Gasteiger partial charge in [-0.25, -0.2) is 0 Å². The van der Waals surface area contributed by atoms with Crippen LogP contribution in [0.15, 0.2) is 47.4 Å². The number of amides is 2. The van der Waals surface area contributed by atoms with Gasteiger partial charge in [-0.15, -0.1) is 11.8 Å². The Morgan fingerprint density at radius 2 is 1.74 bits per heavy atom. The second-order valence-electron chi connectivity index (χ2n) is 5.08. The lowest BCUT2D eigenvalue weighted by molar-refractivity contribution is 0.0827. The summed E-state index contributed by atoms with van der Waals surface area (Å²) >= 11 is 7.64. The lowest BCUT2D eigenvalue weighted by Crippen LogP contribution is -2.21. The molecule has 0 bridgehead atoms. The molecule has 2 amide bonds. The topological polar surface area (TPSA) is 49.4 Å². The second kappa shape index (κ2) is 7.53. The number of nitrogens with zero attached hydrogens (tertiary/aromatic N) is 1. The lowest BCUT2D eigenvalue weighted by atomic mass is 10.1. The van der Waals surface area contributed by atoms with E-state index in [2.05, 4.69) is 5.32 Å². The molecule has 1 N–H and O–H groups in total. The van der Waals surface area contributed by atoms with Crippen molar-refractivity contribution in [2.24, 2.45) is 0 Å². The molecule has 0 heterocycles. The van der Waals surface area contributed by atoms with Crippen LogP contribution >= 0.6 is 23.4 Å². The number of nitrogens with one attached hydrogen (secondary N) is 1. The highest BCUT2D eigenvalue weighted by molar-refractivity contribution is 7.98. The summed E-state index contributed by atoms with van der Waals surface area (Å²) in [6, 6.07) is 12.1. The maximum atomic E-state index is 12.4. The first-order valence-electron chi connectivity index (χ1n) is 6.89. The zero-order valence-corrected chi connectivity index (χ0v) is 14.7. The highest BCUT2D eigenvalue weighted by Crippen LogP contribution is 2.24. The molecule has 0 aromatic heterocycles. The van der Waals surface area contributed by atoms with Crippen molar-refractivity contribution in [3.63, 3.8) is 0 Å². The Bertz CT molecular complexity index is 730. The van der Waals surface area contributed by atoms with Crippen molar-refractivity contribution in [1.82, 2.24) is 4.90 Å². The Morgan fingerprint density at radius 3 is 2.30 bits per heavy atom. The molecule has 6 heteroatoms. The van der Waals surface area contributed by atoms with E-state index in [0.717, 1.165) is 4.90 Å². The molecule has 4 nitrogen and oxygen atoms in total. The van der Waals surface area contributed by atoms with E-state index in [1.807, 2.05) is 12.3 Å². The van der Waals surface area contributed by atoms with Crippen LogP contribution in [0.25, 0.3) is 0 Å². The van der Waals surface area contributed by atoms with Crippen molar-refractivity contribution >= 4 is 40.9 Å². The average Bonchev–Trinajstić information content (AvgIpc) is 2.55. The van der Waals surface area contributed by atoms with E-state index in [4.69, 9.17) is 11.6 Å². The number of anilines is 1. The van der Waals surface area contributed by atoms with E-state index in [1.165, 1.54) is 4.90 Å². The van der Waals surface area contributed by atoms with E-state index in [9.17, 15) is 9.59 Å². The molecule has 0 spiro atoms. The van der Waals surface area contributed by atoms with Gasteiger partial charge in [-0.3, -0.25) is 9.59 Å². The minimum Gasteiger partial charge on any atom is -0.345 e. The molecule has 0 atom stereocenters. The molecular weight excluding hydrogens is 332 g/mol. The summed E-state index contributed by atoms with van der Waals surface area (Å²) in [7, 11) is 3.39. The van der Waals surface area contributed by atoms with Gasteiger partial charge < -0.3 is 10.2 Å². The van der Waals surface area contributed by atoms with Gasteiger partial charge in [-0.1, -0.05) is 11.6 Å². The van der Waals surface area contributed by atoms with E-state index >= 15 is 0 Å². The van der Waals surface area contributed by atoms with Crippen LogP contribution in [0.5, 0.6) is 0 Å². The highest BCUT2D eigenvalue weighted by atomic mass is 35.5. The summed E-state index contributed by atoms with van der Waals surface area (Å²) in [6.07, 6.45) is 1.94. The third kappa shape index (κ3) is 4.27. The van der Waals surface area contributed by atoms with Crippen molar-refractivity contribution in [3.05, 3.63) is 58.6 Å². The molecule has 0 aliphatic rings. The summed E-state index contributed by atoms with van der Waals surface area (Å²) in [5.74, 6) is -0.365. The van der Waals surface area contributed by atoms with Crippen molar-refractivity contribution < 1.29 is 9.59 Å². The summed E-state index contributed by atoms with van der Waals surface area (Å²) in [6.45, 7) is 0. The van der Waals surface area contributed by atoms with Gasteiger partial charge in [0.15, 0.2) is 0 Å². The fraction of sp³-hybridized carbons (Fsp3) is 0.176. The third-order valence-corrected chi connectivity index (χ3v) is 4.27. The smallest absolute Gasteiger partial charge is 0.257 e. The monoisotopic (exact) mass is 348 g/mol. The molecule has 2 aromatic rings. The third-order valence-electron chi connectivity index (χ3n) is 3.21. The number of carbonyl (C=O) groups is 2. The number of carbonyl (C=O) groups excluding carboxylic acids is 2. The second-order valence-corrected chi connectivity index (χ2v) is 6.36. The van der Waals surface area contributed by atoms with Gasteiger partial charge in [0.05, 0.1) is 10.6 Å². The Morgan fingerprint density at radius 1 is 1.09 bits per heavy atom. The van der Waals surface area contributed by atoms with E-state index < -0.39 is 0 Å². The molecule has 0 fully saturated rings. The number of rotatable bonds is 4. The van der Waals surface area contributed by atoms with Crippen molar-refractivity contribution in [1.29, 1.82) is 0 Å². The van der Waals surface area contributed by atoms with Crippen LogP contribution in [0.2, 0.25) is 5.02 Å². The van der Waals surface area contributed by atoms with Gasteiger partial charge in [-0.2, -0.15) is 0 Å². The number of benzene rings is 2. The van der Waals surface area contributed by atoms with E-state index in [1.54, 1.807) is 62.3 Å². The first kappa shape index (κ1) is 17.4. The Labute approximate surface area is 144 Å². The van der Waals surface area contributed by atoms with E-state index in [-0.39, 0.29) is 11.8 Å². The fourth-order valence-corrected chi connectivity index (χ4v) is 2.60. The average molecular weight is 349 g/mol. The van der Waals surface area contributed by atoms with Crippen molar-refractivity contribution in [2.75, 3.05) is 25.7 Å². The van der Waals surface area contributed by atoms with E-state index in [0.29, 0.717) is 21.8 Å². The van der Waals surface area contributed by atoms with Crippen LogP contribution < -0.4 is 5.32 Å². The van der Waals surface area contributed by atoms with Crippen molar-refractivity contribution in [2.45, 2.75) is 4.90 Å². The van der Waals surface area contributed by atoms with Crippen molar-refractivity contribution in [3.8, 4) is 0 Å². The molecule has 23 heavy (non-hydrogen) atoms. The fourth-order valence-electron chi connectivity index (χ4n) is 1.96. The summed E-state index contributed by atoms with van der Waals surface area (Å²) in [4.78, 5) is 26.6. The van der Waals surface area contributed by atoms with Gasteiger partial charge in [0.2, 0.25) is 0 Å². The molecule has 2 aromatic carbocycles. The molecule has 0 unspecified atom stereocenters. The Hall–Kier alpha value is -1.98. The maximum absolute atomic E-state index is 12.4. The minimum atomic E-state index is -0.280. The Balaban J connectivity index is 2.16. The standard InChI is InChI=1S/C17H17ClN2O2S/c1-20(2)17(22)11-4-6-12(7-5-11)19-16(21)14-10-13(23-3)8-9-15(14)18/h4-10H,1-3H3,(H,19,21). The van der Waals surface area contributed by atoms with Crippen LogP contribution in [0.3, 0.4) is 0 Å². The SMILES string of the molecule is CSc1ccc(Cl)c(C(=O)Nc2ccc(C(=O)N(C)C)cc2)c1.